The first-order valence-corrected chi connectivity index (χ1v) is 3.72. The molecule has 2 N–H and O–H groups in total. The van der Waals surface area contributed by atoms with E-state index in [1.165, 1.54) is 0 Å². The van der Waals surface area contributed by atoms with E-state index in [4.69, 9.17) is 10.5 Å². The van der Waals surface area contributed by atoms with Gasteiger partial charge in [0.05, 0.1) is 7.11 Å². The quantitative estimate of drug-likeness (QED) is 0.689. The SMILES string of the molecule is COc1nccc2cnc(N)nc12. The number of anilines is 1. The van der Waals surface area contributed by atoms with Crippen LogP contribution >= 0.6 is 0 Å². The molecule has 0 aromatic carbocycles. The van der Waals surface area contributed by atoms with Gasteiger partial charge in [-0.25, -0.2) is 15.0 Å². The van der Waals surface area contributed by atoms with Gasteiger partial charge in [-0.05, 0) is 6.07 Å². The van der Waals surface area contributed by atoms with Crippen LogP contribution in [0.1, 0.15) is 0 Å². The van der Waals surface area contributed by atoms with E-state index in [1.54, 1.807) is 25.6 Å². The molecule has 5 heteroatoms. The maximum Gasteiger partial charge on any atom is 0.240 e. The average Bonchev–Trinajstić information content (AvgIpc) is 2.17. The van der Waals surface area contributed by atoms with Gasteiger partial charge in [-0.2, -0.15) is 0 Å². The summed E-state index contributed by atoms with van der Waals surface area (Å²) in [5, 5.41) is 0.862. The van der Waals surface area contributed by atoms with Crippen LogP contribution in [0, 0.1) is 0 Å². The van der Waals surface area contributed by atoms with Crippen LogP contribution in [0.3, 0.4) is 0 Å². The smallest absolute Gasteiger partial charge is 0.240 e. The zero-order valence-corrected chi connectivity index (χ0v) is 7.06. The highest BCUT2D eigenvalue weighted by molar-refractivity contribution is 5.82. The summed E-state index contributed by atoms with van der Waals surface area (Å²) < 4.78 is 5.03. The van der Waals surface area contributed by atoms with Gasteiger partial charge in [0.1, 0.15) is 5.52 Å². The van der Waals surface area contributed by atoms with Gasteiger partial charge in [0.2, 0.25) is 11.8 Å². The highest BCUT2D eigenvalue weighted by Crippen LogP contribution is 2.19. The molecule has 0 aliphatic carbocycles. The van der Waals surface area contributed by atoms with E-state index in [0.29, 0.717) is 11.4 Å². The van der Waals surface area contributed by atoms with Gasteiger partial charge in [0.25, 0.3) is 0 Å². The van der Waals surface area contributed by atoms with Crippen LogP contribution in [0.4, 0.5) is 5.95 Å². The molecule has 5 nitrogen and oxygen atoms in total. The number of aromatic nitrogens is 3. The van der Waals surface area contributed by atoms with E-state index >= 15 is 0 Å². The van der Waals surface area contributed by atoms with E-state index in [2.05, 4.69) is 15.0 Å². The van der Waals surface area contributed by atoms with Crippen molar-refractivity contribution in [3.8, 4) is 5.88 Å². The van der Waals surface area contributed by atoms with Gasteiger partial charge < -0.3 is 10.5 Å². The van der Waals surface area contributed by atoms with Crippen molar-refractivity contribution in [1.82, 2.24) is 15.0 Å². The van der Waals surface area contributed by atoms with Crippen molar-refractivity contribution >= 4 is 16.9 Å². The zero-order chi connectivity index (χ0) is 9.26. The maximum atomic E-state index is 5.44. The molecule has 13 heavy (non-hydrogen) atoms. The zero-order valence-electron chi connectivity index (χ0n) is 7.06. The molecule has 2 aromatic rings. The van der Waals surface area contributed by atoms with Crippen molar-refractivity contribution < 1.29 is 4.74 Å². The Morgan fingerprint density at radius 2 is 2.23 bits per heavy atom. The largest absolute Gasteiger partial charge is 0.479 e. The second-order valence-electron chi connectivity index (χ2n) is 2.49. The number of hydrogen-bond donors (Lipinski definition) is 1. The number of nitrogens with zero attached hydrogens (tertiary/aromatic N) is 3. The third-order valence-corrected chi connectivity index (χ3v) is 1.68. The van der Waals surface area contributed by atoms with Crippen molar-refractivity contribution in [3.05, 3.63) is 18.5 Å². The summed E-state index contributed by atoms with van der Waals surface area (Å²) in [6.07, 6.45) is 3.28. The Morgan fingerprint density at radius 1 is 1.38 bits per heavy atom. The van der Waals surface area contributed by atoms with Gasteiger partial charge in [0, 0.05) is 17.8 Å². The number of methoxy groups -OCH3 is 1. The lowest BCUT2D eigenvalue weighted by molar-refractivity contribution is 0.402. The predicted molar refractivity (Wildman–Crippen MR) is 48.3 cm³/mol. The monoisotopic (exact) mass is 176 g/mol. The van der Waals surface area contributed by atoms with Gasteiger partial charge >= 0.3 is 0 Å². The summed E-state index contributed by atoms with van der Waals surface area (Å²) >= 11 is 0. The Hall–Kier alpha value is -1.91. The Balaban J connectivity index is 2.79. The Kier molecular flexibility index (Phi) is 1.70. The fourth-order valence-corrected chi connectivity index (χ4v) is 1.09. The number of nitrogen functional groups attached to an aromatic ring is 1. The number of pyridine rings is 1. The van der Waals surface area contributed by atoms with Crippen molar-refractivity contribution in [2.75, 3.05) is 12.8 Å². The standard InChI is InChI=1S/C8H8N4O/c1-13-7-6-5(2-3-10-7)4-11-8(9)12-6/h2-4H,1H3,(H2,9,11,12). The molecule has 0 amide bonds. The normalized spacial score (nSPS) is 10.2. The van der Waals surface area contributed by atoms with Crippen LogP contribution in [0.2, 0.25) is 0 Å². The van der Waals surface area contributed by atoms with Gasteiger partial charge in [-0.1, -0.05) is 0 Å². The Labute approximate surface area is 74.6 Å². The number of fused-ring (bicyclic) bond motifs is 1. The molecule has 0 atom stereocenters. The summed E-state index contributed by atoms with van der Waals surface area (Å²) in [6, 6.07) is 1.80. The third-order valence-electron chi connectivity index (χ3n) is 1.68. The topological polar surface area (TPSA) is 73.9 Å². The molecule has 0 saturated heterocycles. The molecule has 0 bridgehead atoms. The van der Waals surface area contributed by atoms with Crippen LogP contribution in [0.15, 0.2) is 18.5 Å². The lowest BCUT2D eigenvalue weighted by Gasteiger charge is -2.02. The molecular weight excluding hydrogens is 168 g/mol. The third kappa shape index (κ3) is 1.24. The van der Waals surface area contributed by atoms with E-state index in [-0.39, 0.29) is 5.95 Å². The number of rotatable bonds is 1. The molecule has 0 aliphatic heterocycles. The van der Waals surface area contributed by atoms with E-state index < -0.39 is 0 Å². The first kappa shape index (κ1) is 7.72. The average molecular weight is 176 g/mol. The molecule has 2 rings (SSSR count). The van der Waals surface area contributed by atoms with Gasteiger partial charge in [0.15, 0.2) is 0 Å². The van der Waals surface area contributed by atoms with Crippen LogP contribution in [-0.2, 0) is 0 Å². The number of ether oxygens (including phenoxy) is 1. The summed E-state index contributed by atoms with van der Waals surface area (Å²) in [6.45, 7) is 0. The molecule has 2 aromatic heterocycles. The summed E-state index contributed by atoms with van der Waals surface area (Å²) in [5.74, 6) is 0.686. The summed E-state index contributed by atoms with van der Waals surface area (Å²) in [4.78, 5) is 11.9. The van der Waals surface area contributed by atoms with Crippen molar-refractivity contribution in [2.24, 2.45) is 0 Å². The van der Waals surface area contributed by atoms with Crippen LogP contribution < -0.4 is 10.5 Å². The highest BCUT2D eigenvalue weighted by atomic mass is 16.5. The molecule has 0 radical (unpaired) electrons. The summed E-state index contributed by atoms with van der Waals surface area (Å²) in [7, 11) is 1.54. The lowest BCUT2D eigenvalue weighted by atomic mass is 10.3. The van der Waals surface area contributed by atoms with Crippen molar-refractivity contribution in [1.29, 1.82) is 0 Å². The Bertz CT molecular complexity index is 443. The molecule has 2 heterocycles. The fourth-order valence-electron chi connectivity index (χ4n) is 1.09. The predicted octanol–water partition coefficient (Wildman–Crippen LogP) is 0.616. The number of nitrogens with two attached hydrogens (primary N) is 1. The lowest BCUT2D eigenvalue weighted by Crippen LogP contribution is -1.97. The number of hydrogen-bond acceptors (Lipinski definition) is 5. The van der Waals surface area contributed by atoms with Crippen molar-refractivity contribution in [3.63, 3.8) is 0 Å². The fraction of sp³-hybridized carbons (Fsp3) is 0.125. The van der Waals surface area contributed by atoms with Crippen molar-refractivity contribution in [2.45, 2.75) is 0 Å². The molecule has 0 unspecified atom stereocenters. The molecule has 0 fully saturated rings. The van der Waals surface area contributed by atoms with E-state index in [1.807, 2.05) is 0 Å². The Morgan fingerprint density at radius 3 is 3.00 bits per heavy atom. The molecular formula is C8H8N4O. The summed E-state index contributed by atoms with van der Waals surface area (Å²) in [5.41, 5.74) is 6.08. The first-order valence-electron chi connectivity index (χ1n) is 3.72. The van der Waals surface area contributed by atoms with Crippen LogP contribution in [0.25, 0.3) is 10.9 Å². The minimum absolute atomic E-state index is 0.221. The first-order chi connectivity index (χ1) is 6.31. The highest BCUT2D eigenvalue weighted by Gasteiger charge is 2.03. The molecule has 0 aliphatic rings. The minimum Gasteiger partial charge on any atom is -0.479 e. The maximum absolute atomic E-state index is 5.44. The van der Waals surface area contributed by atoms with Crippen LogP contribution in [0.5, 0.6) is 5.88 Å². The molecule has 66 valence electrons. The second-order valence-corrected chi connectivity index (χ2v) is 2.49. The van der Waals surface area contributed by atoms with E-state index in [9.17, 15) is 0 Å². The van der Waals surface area contributed by atoms with Crippen LogP contribution in [-0.4, -0.2) is 22.1 Å². The second kappa shape index (κ2) is 2.85. The van der Waals surface area contributed by atoms with Gasteiger partial charge in [-0.15, -0.1) is 0 Å². The molecule has 0 saturated carbocycles. The minimum atomic E-state index is 0.221. The molecule has 0 spiro atoms. The van der Waals surface area contributed by atoms with E-state index in [0.717, 1.165) is 5.39 Å². The van der Waals surface area contributed by atoms with Gasteiger partial charge in [-0.3, -0.25) is 0 Å².